The molecule has 0 unspecified atom stereocenters. The van der Waals surface area contributed by atoms with E-state index >= 15 is 0 Å². The van der Waals surface area contributed by atoms with E-state index < -0.39 is 0 Å². The van der Waals surface area contributed by atoms with Crippen LogP contribution < -0.4 is 0 Å². The highest BCUT2D eigenvalue weighted by Crippen LogP contribution is 1.93. The number of furan rings is 1. The van der Waals surface area contributed by atoms with E-state index in [0.717, 1.165) is 12.8 Å². The fraction of sp³-hybridized carbons (Fsp3) is 0.405. The molecule has 12 aromatic heterocycles. The molecule has 0 bridgehead atoms. The van der Waals surface area contributed by atoms with E-state index in [1.807, 2.05) is 259 Å². The number of nitrogens with one attached hydrogen (secondary N) is 1. The lowest BCUT2D eigenvalue weighted by atomic mass is 10.5. The molecule has 0 radical (unpaired) electrons. The van der Waals surface area contributed by atoms with Crippen LogP contribution in [0.5, 0.6) is 0 Å². The SMILES string of the molecule is C1=CCC=C1.C1=CN=CC1.CC.CC.CC.CC.CC.CC.CC.CC.CC.CC.CC.CC.CC.CC.c1ccncc1.c1ccnnc1.c1ccoc1.c1cnccn1.c1cnncn1.c1conn1.c1cscn1.c1cscn1.c1nc[nH]n1.c1ncncn1.c1nnco1.c1nncs1. The van der Waals surface area contributed by atoms with Gasteiger partial charge < -0.3 is 13.4 Å². The number of hydrogen-bond acceptors (Lipinski definition) is 28. The Morgan fingerprint density at radius 2 is 0.728 bits per heavy atom. The van der Waals surface area contributed by atoms with Gasteiger partial charge in [-0.15, -0.1) is 64.6 Å². The summed E-state index contributed by atoms with van der Waals surface area (Å²) in [5.41, 5.74) is 6.94. The number of pyridine rings is 1. The van der Waals surface area contributed by atoms with Gasteiger partial charge in [0.2, 0.25) is 12.8 Å². The maximum Gasteiger partial charge on any atom is 0.203 e. The van der Waals surface area contributed by atoms with Crippen LogP contribution in [0.2, 0.25) is 0 Å². The highest BCUT2D eigenvalue weighted by Gasteiger charge is 1.74. The van der Waals surface area contributed by atoms with Crippen molar-refractivity contribution >= 4 is 40.2 Å². The number of aliphatic imine (C=N–C) groups is 1. The molecule has 12 aromatic rings. The topological polar surface area (TPSA) is 338 Å². The monoisotopic (exact) mass is 1490 g/mol. The van der Waals surface area contributed by atoms with Crippen LogP contribution in [0.25, 0.3) is 0 Å². The van der Waals surface area contributed by atoms with Crippen molar-refractivity contribution in [1.82, 2.24) is 111 Å². The molecule has 2 aliphatic rings. The second-order valence-corrected chi connectivity index (χ2v) is 13.2. The molecular weight excluding hydrogens is 1360 g/mol. The first-order valence-corrected chi connectivity index (χ1v) is 37.7. The van der Waals surface area contributed by atoms with Crippen LogP contribution in [0.4, 0.5) is 0 Å². The number of rotatable bonds is 0. The van der Waals surface area contributed by atoms with Gasteiger partial charge >= 0.3 is 0 Å². The summed E-state index contributed by atoms with van der Waals surface area (Å²) in [6, 6.07) is 13.0. The first-order chi connectivity index (χ1) is 51.5. The average molecular weight is 1490 g/mol. The van der Waals surface area contributed by atoms with Gasteiger partial charge in [0.15, 0.2) is 0 Å². The van der Waals surface area contributed by atoms with Gasteiger partial charge in [0.1, 0.15) is 55.2 Å². The molecule has 0 amide bonds. The molecule has 0 saturated heterocycles. The largest absolute Gasteiger partial charge is 0.473 e. The zero-order chi connectivity index (χ0) is 81.0. The Bertz CT molecular complexity index is 1990. The molecule has 26 nitrogen and oxygen atoms in total. The molecule has 14 rings (SSSR count). The highest BCUT2D eigenvalue weighted by molar-refractivity contribution is 7.07. The number of hydrogen-bond donors (Lipinski definition) is 1. The van der Waals surface area contributed by atoms with E-state index in [1.165, 1.54) is 80.7 Å². The van der Waals surface area contributed by atoms with Gasteiger partial charge in [0, 0.05) is 103 Å². The van der Waals surface area contributed by atoms with E-state index in [4.69, 9.17) is 0 Å². The zero-order valence-corrected chi connectivity index (χ0v) is 70.1. The minimum atomic E-state index is 1.03. The van der Waals surface area contributed by atoms with Crippen LogP contribution >= 0.6 is 34.0 Å². The minimum absolute atomic E-state index is 1.03. The highest BCUT2D eigenvalue weighted by atomic mass is 32.1. The summed E-state index contributed by atoms with van der Waals surface area (Å²) >= 11 is 4.69. The van der Waals surface area contributed by atoms with Gasteiger partial charge in [-0.3, -0.25) is 35.0 Å². The number of aromatic nitrogens is 22. The van der Waals surface area contributed by atoms with Crippen LogP contribution in [0.1, 0.15) is 207 Å². The van der Waals surface area contributed by atoms with Gasteiger partial charge in [-0.1, -0.05) is 230 Å². The third kappa shape index (κ3) is 176. The molecule has 0 spiro atoms. The van der Waals surface area contributed by atoms with Crippen molar-refractivity contribution in [3.8, 4) is 0 Å². The smallest absolute Gasteiger partial charge is 0.203 e. The normalized spacial score (nSPS) is 7.57. The quantitative estimate of drug-likeness (QED) is 0.147. The molecule has 1 aliphatic carbocycles. The first kappa shape index (κ1) is 126. The number of thiazole rings is 2. The van der Waals surface area contributed by atoms with E-state index in [2.05, 4.69) is 154 Å². The standard InChI is InChI=1S/C5H5N.C5H6.2C4H4N2.C4H5N.C4H4O.2C3H3N3.2C3H3NS.C2H3N3.2C2H2N2O.C2H2N2S.14C2H6/c1-2-4-6-5-3-1;1-2-4-5-3-1;1-2-6-4-3-5-1;1-2-4-6-5-3-1;2*1-2-4-5-3-1;1-4-2-6-3-5-1;1-2-5-6-3-4-1;2*1-2-5-3-4-1;1-3-2-5-4-1;1-3-4-2-5-1;1-2-5-4-3-1;1-3-4-2-5-1;14*1-2/h1-5H;1-4H,5H2;2*1-4H;1,3-4H,2H2;1-4H;2*1-3H;2*1-3H;1-2H,(H,3,4,5);3*1-2H;14*1-2H3. The first-order valence-electron chi connectivity index (χ1n) is 34.8. The molecule has 103 heavy (non-hydrogen) atoms. The van der Waals surface area contributed by atoms with Gasteiger partial charge in [-0.2, -0.15) is 20.4 Å². The van der Waals surface area contributed by atoms with E-state index in [0.29, 0.717) is 0 Å². The number of H-pyrrole nitrogens is 1. The minimum Gasteiger partial charge on any atom is -0.473 e. The predicted octanol–water partition coefficient (Wildman–Crippen LogP) is 22.7. The second kappa shape index (κ2) is 180. The Balaban J connectivity index is -0.0000000673. The predicted molar refractivity (Wildman–Crippen MR) is 440 cm³/mol. The maximum atomic E-state index is 4.58. The third-order valence-electron chi connectivity index (χ3n) is 5.82. The van der Waals surface area contributed by atoms with Gasteiger partial charge in [0.05, 0.1) is 35.9 Å². The molecule has 1 N–H and O–H groups in total. The van der Waals surface area contributed by atoms with Crippen molar-refractivity contribution in [2.75, 3.05) is 0 Å². The summed E-state index contributed by atoms with van der Waals surface area (Å²) in [7, 11) is 0. The van der Waals surface area contributed by atoms with Crippen LogP contribution in [0, 0.1) is 0 Å². The number of nitrogens with zero attached hydrogens (tertiary/aromatic N) is 22. The van der Waals surface area contributed by atoms with Gasteiger partial charge in [-0.25, -0.2) is 24.9 Å². The number of aromatic amines is 1. The Kier molecular flexibility index (Phi) is 220. The molecule has 0 fully saturated rings. The zero-order valence-electron chi connectivity index (χ0n) is 67.6. The fourth-order valence-corrected chi connectivity index (χ4v) is 4.05. The van der Waals surface area contributed by atoms with Crippen molar-refractivity contribution < 1.29 is 13.4 Å². The lowest BCUT2D eigenvalue weighted by Crippen LogP contribution is -1.75. The van der Waals surface area contributed by atoms with Gasteiger partial charge in [-0.05, 0) is 42.8 Å². The molecule has 0 atom stereocenters. The molecule has 580 valence electrons. The van der Waals surface area contributed by atoms with Crippen molar-refractivity contribution in [3.05, 3.63) is 262 Å². The van der Waals surface area contributed by atoms with Crippen LogP contribution in [0.15, 0.2) is 280 Å². The van der Waals surface area contributed by atoms with Crippen molar-refractivity contribution in [1.29, 1.82) is 0 Å². The van der Waals surface area contributed by atoms with E-state index in [-0.39, 0.29) is 0 Å². The second-order valence-electron chi connectivity index (χ2n) is 11.0. The van der Waals surface area contributed by atoms with Crippen molar-refractivity contribution in [2.24, 2.45) is 4.99 Å². The Morgan fingerprint density at radius 1 is 0.291 bits per heavy atom. The molecular formula is C74H133N23O3S3. The molecule has 0 aromatic carbocycles. The molecule has 13 heterocycles. The Morgan fingerprint density at radius 3 is 0.854 bits per heavy atom. The molecule has 1 aliphatic heterocycles. The van der Waals surface area contributed by atoms with Crippen molar-refractivity contribution in [3.63, 3.8) is 0 Å². The summed E-state index contributed by atoms with van der Waals surface area (Å²) in [6.07, 6.45) is 53.5. The Labute approximate surface area is 634 Å². The maximum absolute atomic E-state index is 4.58. The number of allylic oxidation sites excluding steroid dienone is 5. The van der Waals surface area contributed by atoms with Crippen LogP contribution in [0.3, 0.4) is 0 Å². The summed E-state index contributed by atoms with van der Waals surface area (Å²) in [4.78, 5) is 40.3. The average Bonchev–Trinajstić information content (AvgIpc) is 4.81. The lowest BCUT2D eigenvalue weighted by molar-refractivity contribution is 0.393. The Hall–Kier alpha value is -10.3. The van der Waals surface area contributed by atoms with Crippen molar-refractivity contribution in [2.45, 2.75) is 207 Å². The fourth-order valence-electron chi connectivity index (χ4n) is 3.08. The summed E-state index contributed by atoms with van der Waals surface area (Å²) < 4.78 is 13.2. The summed E-state index contributed by atoms with van der Waals surface area (Å²) in [5.74, 6) is 0. The van der Waals surface area contributed by atoms with Gasteiger partial charge in [0.25, 0.3) is 0 Å². The van der Waals surface area contributed by atoms with E-state index in [1.54, 1.807) is 132 Å². The van der Waals surface area contributed by atoms with E-state index in [9.17, 15) is 0 Å². The summed E-state index contributed by atoms with van der Waals surface area (Å²) in [6.45, 7) is 56.0. The molecule has 29 heteroatoms. The lowest BCUT2D eigenvalue weighted by Gasteiger charge is -1.70. The summed E-state index contributed by atoms with van der Waals surface area (Å²) in [5, 5.41) is 43.8. The third-order valence-corrected chi connectivity index (χ3v) is 7.30. The van der Waals surface area contributed by atoms with Crippen LogP contribution in [-0.2, 0) is 0 Å². The molecule has 0 saturated carbocycles. The van der Waals surface area contributed by atoms with Crippen LogP contribution in [-0.4, -0.2) is 117 Å².